The Bertz CT molecular complexity index is 304. The number of rotatable bonds is 2. The van der Waals surface area contributed by atoms with Crippen LogP contribution >= 0.6 is 22.6 Å². The molecule has 0 aliphatic rings. The Balaban J connectivity index is 2.88. The van der Waals surface area contributed by atoms with E-state index in [1.165, 1.54) is 0 Å². The number of hydrogen-bond donors (Lipinski definition) is 1. The molecule has 12 heavy (non-hydrogen) atoms. The van der Waals surface area contributed by atoms with E-state index < -0.39 is 0 Å². The second-order valence-corrected chi connectivity index (χ2v) is 3.65. The number of nitrogens with zero attached hydrogens (tertiary/aromatic N) is 1. The maximum absolute atomic E-state index is 8.46. The predicted octanol–water partition coefficient (Wildman–Crippen LogP) is 2.20. The maximum Gasteiger partial charge on any atom is 0.0641 e. The van der Waals surface area contributed by atoms with Gasteiger partial charge in [-0.3, -0.25) is 0 Å². The van der Waals surface area contributed by atoms with Crippen molar-refractivity contribution in [3.63, 3.8) is 0 Å². The summed E-state index contributed by atoms with van der Waals surface area (Å²) in [5.41, 5.74) is 6.83. The minimum absolute atomic E-state index is 0.150. The lowest BCUT2D eigenvalue weighted by Crippen LogP contribution is -2.10. The first kappa shape index (κ1) is 9.49. The molecule has 0 heterocycles. The third-order valence-corrected chi connectivity index (χ3v) is 2.60. The second kappa shape index (κ2) is 4.43. The Hall–Kier alpha value is -0.600. The van der Waals surface area contributed by atoms with Gasteiger partial charge in [0.05, 0.1) is 12.5 Å². The fourth-order valence-electron chi connectivity index (χ4n) is 0.984. The van der Waals surface area contributed by atoms with Gasteiger partial charge in [-0.15, -0.1) is 0 Å². The Morgan fingerprint density at radius 3 is 2.75 bits per heavy atom. The van der Waals surface area contributed by atoms with Gasteiger partial charge in [-0.2, -0.15) is 5.26 Å². The number of nitrogens with two attached hydrogens (primary N) is 1. The van der Waals surface area contributed by atoms with E-state index in [4.69, 9.17) is 11.0 Å². The quantitative estimate of drug-likeness (QED) is 0.839. The van der Waals surface area contributed by atoms with Crippen LogP contribution in [0.2, 0.25) is 0 Å². The van der Waals surface area contributed by atoms with Crippen LogP contribution in [0.3, 0.4) is 0 Å². The third-order valence-electron chi connectivity index (χ3n) is 1.62. The molecule has 1 aromatic carbocycles. The van der Waals surface area contributed by atoms with E-state index in [0.29, 0.717) is 6.42 Å². The van der Waals surface area contributed by atoms with Crippen LogP contribution in [0.1, 0.15) is 18.0 Å². The molecule has 0 saturated heterocycles. The van der Waals surface area contributed by atoms with Crippen LogP contribution in [0.25, 0.3) is 0 Å². The SMILES string of the molecule is N#CC[C@H](N)c1ccccc1I. The van der Waals surface area contributed by atoms with Crippen molar-refractivity contribution in [1.82, 2.24) is 0 Å². The molecule has 0 unspecified atom stereocenters. The zero-order chi connectivity index (χ0) is 8.97. The number of halogens is 1. The fraction of sp³-hybridized carbons (Fsp3) is 0.222. The van der Waals surface area contributed by atoms with Crippen molar-refractivity contribution in [3.05, 3.63) is 33.4 Å². The number of benzene rings is 1. The van der Waals surface area contributed by atoms with Gasteiger partial charge in [-0.05, 0) is 34.2 Å². The zero-order valence-corrected chi connectivity index (χ0v) is 8.65. The minimum Gasteiger partial charge on any atom is -0.323 e. The largest absolute Gasteiger partial charge is 0.323 e. The molecule has 0 saturated carbocycles. The summed E-state index contributed by atoms with van der Waals surface area (Å²) in [4.78, 5) is 0. The average molecular weight is 272 g/mol. The van der Waals surface area contributed by atoms with Gasteiger partial charge in [-0.1, -0.05) is 18.2 Å². The Labute approximate surface area is 85.5 Å². The van der Waals surface area contributed by atoms with Crippen molar-refractivity contribution < 1.29 is 0 Å². The molecule has 62 valence electrons. The van der Waals surface area contributed by atoms with E-state index in [2.05, 4.69) is 28.7 Å². The average Bonchev–Trinajstić information content (AvgIpc) is 2.05. The topological polar surface area (TPSA) is 49.8 Å². The molecule has 0 amide bonds. The molecule has 0 spiro atoms. The number of hydrogen-bond acceptors (Lipinski definition) is 2. The highest BCUT2D eigenvalue weighted by atomic mass is 127. The van der Waals surface area contributed by atoms with Gasteiger partial charge in [-0.25, -0.2) is 0 Å². The minimum atomic E-state index is -0.150. The van der Waals surface area contributed by atoms with Crippen LogP contribution in [-0.4, -0.2) is 0 Å². The summed E-state index contributed by atoms with van der Waals surface area (Å²) >= 11 is 2.23. The first-order valence-electron chi connectivity index (χ1n) is 3.62. The van der Waals surface area contributed by atoms with Gasteiger partial charge in [0, 0.05) is 9.61 Å². The van der Waals surface area contributed by atoms with Crippen molar-refractivity contribution in [2.45, 2.75) is 12.5 Å². The second-order valence-electron chi connectivity index (χ2n) is 2.49. The summed E-state index contributed by atoms with van der Waals surface area (Å²) in [7, 11) is 0. The molecule has 0 radical (unpaired) electrons. The standard InChI is InChI=1S/C9H9IN2/c10-8-4-2-1-3-7(8)9(12)5-6-11/h1-4,9H,5,12H2/t9-/m0/s1. The smallest absolute Gasteiger partial charge is 0.0641 e. The van der Waals surface area contributed by atoms with E-state index in [0.717, 1.165) is 9.13 Å². The van der Waals surface area contributed by atoms with Crippen molar-refractivity contribution in [2.24, 2.45) is 5.73 Å². The van der Waals surface area contributed by atoms with Crippen molar-refractivity contribution in [1.29, 1.82) is 5.26 Å². The van der Waals surface area contributed by atoms with E-state index in [1.807, 2.05) is 24.3 Å². The summed E-state index contributed by atoms with van der Waals surface area (Å²) in [6.45, 7) is 0. The summed E-state index contributed by atoms with van der Waals surface area (Å²) in [6, 6.07) is 9.77. The van der Waals surface area contributed by atoms with Crippen LogP contribution in [0.15, 0.2) is 24.3 Å². The molecule has 1 aromatic rings. The molecule has 1 rings (SSSR count). The maximum atomic E-state index is 8.46. The fourth-order valence-corrected chi connectivity index (χ4v) is 1.77. The lowest BCUT2D eigenvalue weighted by atomic mass is 10.1. The molecular weight excluding hydrogens is 263 g/mol. The molecule has 2 nitrogen and oxygen atoms in total. The van der Waals surface area contributed by atoms with Gasteiger partial charge >= 0.3 is 0 Å². The highest BCUT2D eigenvalue weighted by molar-refractivity contribution is 14.1. The van der Waals surface area contributed by atoms with E-state index in [1.54, 1.807) is 0 Å². The lowest BCUT2D eigenvalue weighted by molar-refractivity contribution is 0.744. The molecule has 0 aliphatic heterocycles. The monoisotopic (exact) mass is 272 g/mol. The highest BCUT2D eigenvalue weighted by Crippen LogP contribution is 2.19. The van der Waals surface area contributed by atoms with Crippen molar-refractivity contribution >= 4 is 22.6 Å². The molecule has 0 aliphatic carbocycles. The van der Waals surface area contributed by atoms with E-state index >= 15 is 0 Å². The zero-order valence-electron chi connectivity index (χ0n) is 6.50. The number of nitriles is 1. The van der Waals surface area contributed by atoms with Crippen molar-refractivity contribution in [3.8, 4) is 6.07 Å². The normalized spacial score (nSPS) is 12.1. The van der Waals surface area contributed by atoms with Crippen LogP contribution in [-0.2, 0) is 0 Å². The Morgan fingerprint density at radius 1 is 1.50 bits per heavy atom. The van der Waals surface area contributed by atoms with Crippen molar-refractivity contribution in [2.75, 3.05) is 0 Å². The van der Waals surface area contributed by atoms with Gasteiger partial charge in [0.1, 0.15) is 0 Å². The molecule has 2 N–H and O–H groups in total. The first-order chi connectivity index (χ1) is 5.75. The van der Waals surface area contributed by atoms with Crippen LogP contribution in [0, 0.1) is 14.9 Å². The molecule has 0 bridgehead atoms. The summed E-state index contributed by atoms with van der Waals surface area (Å²) < 4.78 is 1.12. The summed E-state index contributed by atoms with van der Waals surface area (Å²) in [6.07, 6.45) is 0.375. The molecular formula is C9H9IN2. The van der Waals surface area contributed by atoms with Crippen LogP contribution < -0.4 is 5.73 Å². The van der Waals surface area contributed by atoms with E-state index in [-0.39, 0.29) is 6.04 Å². The van der Waals surface area contributed by atoms with Gasteiger partial charge < -0.3 is 5.73 Å². The van der Waals surface area contributed by atoms with E-state index in [9.17, 15) is 0 Å². The molecule has 0 fully saturated rings. The molecule has 0 aromatic heterocycles. The van der Waals surface area contributed by atoms with Gasteiger partial charge in [0.15, 0.2) is 0 Å². The Morgan fingerprint density at radius 2 is 2.17 bits per heavy atom. The van der Waals surface area contributed by atoms with Gasteiger partial charge in [0.2, 0.25) is 0 Å². The summed E-state index contributed by atoms with van der Waals surface area (Å²) in [5.74, 6) is 0. The van der Waals surface area contributed by atoms with Crippen LogP contribution in [0.5, 0.6) is 0 Å². The predicted molar refractivity (Wildman–Crippen MR) is 56.3 cm³/mol. The first-order valence-corrected chi connectivity index (χ1v) is 4.70. The Kier molecular flexibility index (Phi) is 3.50. The lowest BCUT2D eigenvalue weighted by Gasteiger charge is -2.09. The highest BCUT2D eigenvalue weighted by Gasteiger charge is 2.07. The van der Waals surface area contributed by atoms with Crippen LogP contribution in [0.4, 0.5) is 0 Å². The van der Waals surface area contributed by atoms with Gasteiger partial charge in [0.25, 0.3) is 0 Å². The molecule has 1 atom stereocenters. The third kappa shape index (κ3) is 2.19. The summed E-state index contributed by atoms with van der Waals surface area (Å²) in [5, 5.41) is 8.46. The molecule has 3 heteroatoms.